The van der Waals surface area contributed by atoms with E-state index in [0.29, 0.717) is 36.6 Å². The Morgan fingerprint density at radius 2 is 1.93 bits per heavy atom. The van der Waals surface area contributed by atoms with E-state index < -0.39 is 23.8 Å². The van der Waals surface area contributed by atoms with Crippen molar-refractivity contribution in [1.29, 1.82) is 0 Å². The number of piperazine rings is 1. The second kappa shape index (κ2) is 13.2. The van der Waals surface area contributed by atoms with Crippen LogP contribution in [0.15, 0.2) is 30.4 Å². The van der Waals surface area contributed by atoms with Gasteiger partial charge < -0.3 is 29.9 Å². The second-order valence-corrected chi connectivity index (χ2v) is 6.41. The van der Waals surface area contributed by atoms with Gasteiger partial charge in [-0.3, -0.25) is 0 Å². The zero-order valence-electron chi connectivity index (χ0n) is 17.0. The number of benzene rings is 1. The number of aliphatic carboxylic acids is 2. The molecule has 1 aromatic rings. The summed E-state index contributed by atoms with van der Waals surface area (Å²) in [6, 6.07) is 4.57. The third-order valence-electron chi connectivity index (χ3n) is 3.95. The number of hydrogen-bond donors (Lipinski definition) is 3. The van der Waals surface area contributed by atoms with Crippen LogP contribution in [0.25, 0.3) is 0 Å². The zero-order valence-corrected chi connectivity index (χ0v) is 17.0. The maximum atomic E-state index is 13.8. The third kappa shape index (κ3) is 9.37. The van der Waals surface area contributed by atoms with E-state index in [1.807, 2.05) is 13.8 Å². The van der Waals surface area contributed by atoms with Crippen LogP contribution in [-0.2, 0) is 20.9 Å². The molecule has 1 aliphatic heterocycles. The van der Waals surface area contributed by atoms with Crippen LogP contribution in [-0.4, -0.2) is 65.4 Å². The van der Waals surface area contributed by atoms with Crippen molar-refractivity contribution in [3.8, 4) is 5.75 Å². The van der Waals surface area contributed by atoms with Gasteiger partial charge in [0.05, 0.1) is 6.61 Å². The Morgan fingerprint density at radius 1 is 1.27 bits per heavy atom. The van der Waals surface area contributed by atoms with Crippen molar-refractivity contribution in [3.05, 3.63) is 41.7 Å². The lowest BCUT2D eigenvalue weighted by Gasteiger charge is -2.33. The first-order chi connectivity index (χ1) is 14.2. The van der Waals surface area contributed by atoms with Crippen LogP contribution in [0.2, 0.25) is 0 Å². The molecule has 1 heterocycles. The number of rotatable bonds is 7. The first-order valence-corrected chi connectivity index (χ1v) is 9.43. The monoisotopic (exact) mass is 426 g/mol. The smallest absolute Gasteiger partial charge is 0.410 e. The number of carboxylic acid groups (broad SMARTS) is 2. The van der Waals surface area contributed by atoms with Crippen LogP contribution in [0.4, 0.5) is 9.18 Å². The molecule has 0 radical (unpaired) electrons. The minimum atomic E-state index is -1.26. The summed E-state index contributed by atoms with van der Waals surface area (Å²) in [4.78, 5) is 32.8. The van der Waals surface area contributed by atoms with Crippen LogP contribution in [0, 0.1) is 5.82 Å². The summed E-state index contributed by atoms with van der Waals surface area (Å²) < 4.78 is 24.5. The predicted octanol–water partition coefficient (Wildman–Crippen LogP) is 2.26. The Bertz CT molecular complexity index is 739. The fourth-order valence-corrected chi connectivity index (χ4v) is 2.45. The van der Waals surface area contributed by atoms with Gasteiger partial charge in [0.1, 0.15) is 18.2 Å². The van der Waals surface area contributed by atoms with Gasteiger partial charge in [-0.15, -0.1) is 0 Å². The molecule has 0 saturated carbocycles. The number of carbonyl (C=O) groups is 3. The van der Waals surface area contributed by atoms with Gasteiger partial charge in [-0.2, -0.15) is 0 Å². The molecule has 0 aromatic heterocycles. The Kier molecular flexibility index (Phi) is 10.9. The zero-order chi connectivity index (χ0) is 22.5. The van der Waals surface area contributed by atoms with E-state index in [0.717, 1.165) is 19.5 Å². The highest BCUT2D eigenvalue weighted by atomic mass is 19.1. The van der Waals surface area contributed by atoms with Gasteiger partial charge in [-0.1, -0.05) is 6.92 Å². The van der Waals surface area contributed by atoms with Crippen LogP contribution in [0.3, 0.4) is 0 Å². The lowest BCUT2D eigenvalue weighted by molar-refractivity contribution is -0.134. The van der Waals surface area contributed by atoms with E-state index in [-0.39, 0.29) is 12.6 Å². The Hall–Kier alpha value is -3.14. The van der Waals surface area contributed by atoms with E-state index >= 15 is 0 Å². The van der Waals surface area contributed by atoms with E-state index in [9.17, 15) is 18.8 Å². The normalized spacial score (nSPS) is 15.8. The maximum absolute atomic E-state index is 13.8. The number of halogens is 1. The molecule has 0 unspecified atom stereocenters. The van der Waals surface area contributed by atoms with E-state index in [1.54, 1.807) is 17.0 Å². The summed E-state index contributed by atoms with van der Waals surface area (Å²) in [5.74, 6) is -2.32. The Balaban J connectivity index is 0.000000479. The molecule has 2 rings (SSSR count). The van der Waals surface area contributed by atoms with Gasteiger partial charge >= 0.3 is 18.0 Å². The molecule has 1 fully saturated rings. The van der Waals surface area contributed by atoms with Gasteiger partial charge in [0.2, 0.25) is 0 Å². The molecule has 1 saturated heterocycles. The van der Waals surface area contributed by atoms with Crippen molar-refractivity contribution in [1.82, 2.24) is 10.2 Å². The van der Waals surface area contributed by atoms with Crippen LogP contribution < -0.4 is 10.1 Å². The molecular weight excluding hydrogens is 399 g/mol. The third-order valence-corrected chi connectivity index (χ3v) is 3.95. The highest BCUT2D eigenvalue weighted by Crippen LogP contribution is 2.18. The number of amides is 1. The molecule has 0 aliphatic carbocycles. The summed E-state index contributed by atoms with van der Waals surface area (Å²) in [5, 5.41) is 18.8. The van der Waals surface area contributed by atoms with Crippen LogP contribution >= 0.6 is 0 Å². The average molecular weight is 426 g/mol. The molecule has 3 N–H and O–H groups in total. The number of ether oxygens (including phenoxy) is 2. The van der Waals surface area contributed by atoms with Crippen molar-refractivity contribution in [2.24, 2.45) is 0 Å². The molecule has 0 spiro atoms. The van der Waals surface area contributed by atoms with Gasteiger partial charge in [-0.05, 0) is 31.5 Å². The van der Waals surface area contributed by atoms with Crippen molar-refractivity contribution < 1.29 is 38.5 Å². The van der Waals surface area contributed by atoms with Gasteiger partial charge in [-0.25, -0.2) is 18.8 Å². The first kappa shape index (κ1) is 24.9. The molecule has 1 aliphatic rings. The molecule has 1 amide bonds. The number of hydrogen-bond acceptors (Lipinski definition) is 6. The fraction of sp³-hybridized carbons (Fsp3) is 0.450. The van der Waals surface area contributed by atoms with E-state index in [4.69, 9.17) is 19.7 Å². The Labute approximate surface area is 174 Å². The summed E-state index contributed by atoms with van der Waals surface area (Å²) in [6.45, 7) is 6.52. The highest BCUT2D eigenvalue weighted by Gasteiger charge is 2.24. The van der Waals surface area contributed by atoms with Gasteiger partial charge in [0, 0.05) is 43.4 Å². The lowest BCUT2D eigenvalue weighted by atomic mass is 10.2. The minimum absolute atomic E-state index is 0.0744. The largest absolute Gasteiger partial charge is 0.494 e. The predicted molar refractivity (Wildman–Crippen MR) is 106 cm³/mol. The van der Waals surface area contributed by atoms with Gasteiger partial charge in [0.25, 0.3) is 0 Å². The number of carboxylic acids is 2. The van der Waals surface area contributed by atoms with Crippen molar-refractivity contribution >= 4 is 18.0 Å². The maximum Gasteiger partial charge on any atom is 0.410 e. The van der Waals surface area contributed by atoms with Crippen molar-refractivity contribution in [2.75, 3.05) is 26.2 Å². The topological polar surface area (TPSA) is 125 Å². The summed E-state index contributed by atoms with van der Waals surface area (Å²) in [5.41, 5.74) is 0.324. The Morgan fingerprint density at radius 3 is 2.50 bits per heavy atom. The van der Waals surface area contributed by atoms with Crippen LogP contribution in [0.1, 0.15) is 25.8 Å². The SMILES string of the molecule is CCCOc1ccc(F)c(COC(=O)N2CCNC[C@H]2C)c1.O=C(O)/C=C/C(=O)O. The fourth-order valence-electron chi connectivity index (χ4n) is 2.45. The van der Waals surface area contributed by atoms with Gasteiger partial charge in [0.15, 0.2) is 0 Å². The standard InChI is InChI=1S/C16H23FN2O3.C4H4O4/c1-3-8-21-14-4-5-15(17)13(9-14)11-22-16(20)19-7-6-18-10-12(19)2;5-3(6)1-2-4(7)8/h4-5,9,12,18H,3,6-8,10-11H2,1-2H3;1-2H,(H,5,6)(H,7,8)/b;2-1+/t12-;/m1./s1. The van der Waals surface area contributed by atoms with E-state index in [1.165, 1.54) is 6.07 Å². The molecule has 0 bridgehead atoms. The molecule has 1 aromatic carbocycles. The van der Waals surface area contributed by atoms with Crippen molar-refractivity contribution in [3.63, 3.8) is 0 Å². The lowest BCUT2D eigenvalue weighted by Crippen LogP contribution is -2.52. The number of carbonyl (C=O) groups excluding carboxylic acids is 1. The number of nitrogens with one attached hydrogen (secondary N) is 1. The first-order valence-electron chi connectivity index (χ1n) is 9.43. The molecule has 10 heteroatoms. The average Bonchev–Trinajstić information content (AvgIpc) is 2.71. The van der Waals surface area contributed by atoms with Crippen LogP contribution in [0.5, 0.6) is 5.75 Å². The minimum Gasteiger partial charge on any atom is -0.494 e. The quantitative estimate of drug-likeness (QED) is 0.567. The molecule has 30 heavy (non-hydrogen) atoms. The number of nitrogens with zero attached hydrogens (tertiary/aromatic N) is 1. The molecule has 1 atom stereocenters. The van der Waals surface area contributed by atoms with E-state index in [2.05, 4.69) is 5.32 Å². The summed E-state index contributed by atoms with van der Waals surface area (Å²) >= 11 is 0. The molecule has 9 nitrogen and oxygen atoms in total. The highest BCUT2D eigenvalue weighted by molar-refractivity contribution is 5.89. The second-order valence-electron chi connectivity index (χ2n) is 6.41. The molecular formula is C20H27FN2O7. The summed E-state index contributed by atoms with van der Waals surface area (Å²) in [6.07, 6.45) is 1.58. The van der Waals surface area contributed by atoms with Crippen molar-refractivity contribution in [2.45, 2.75) is 32.9 Å². The molecule has 166 valence electrons. The summed E-state index contributed by atoms with van der Waals surface area (Å²) in [7, 11) is 0.